The van der Waals surface area contributed by atoms with Crippen molar-refractivity contribution < 1.29 is 72.4 Å². The number of likely N-dealkylation sites (tertiary alicyclic amines) is 1. The molecule has 0 aromatic rings. The molecule has 0 aromatic heterocycles. The van der Waals surface area contributed by atoms with Crippen LogP contribution in [0.4, 0.5) is 4.79 Å². The Hall–Kier alpha value is -2.76. The quantitative estimate of drug-likeness (QED) is 0.139. The summed E-state index contributed by atoms with van der Waals surface area (Å²) in [6, 6.07) is -0.345. The third kappa shape index (κ3) is 13.1. The van der Waals surface area contributed by atoms with Gasteiger partial charge < -0.3 is 77.7 Å². The molecule has 0 unspecified atom stereocenters. The molecule has 5 rings (SSSR count). The van der Waals surface area contributed by atoms with Crippen molar-refractivity contribution in [3.8, 4) is 0 Å². The molecule has 416 valence electrons. The zero-order valence-corrected chi connectivity index (χ0v) is 46.6. The second-order valence-electron chi connectivity index (χ2n) is 22.7. The molecule has 18 atom stereocenters. The SMILES string of the molecule is CC[C@H]1OC(=O)[C@H](C)[C@@H](O[C@H]2C[C@@](C)(OC)[C@@](O)(CN(C)CCN(CC)CC)[C@H](C)O2)[C@H](C)[C@@H](O[C@@H]2O[C@H](C)C[C@H](N(C)C)[C@H]2O)[C@@](C)(O)C[C@@H](C)/C(=N\OCC2CN(C(C)=O)C2)[C@H](C)[C@H]2OC(=O)O[C@@]21C. The van der Waals surface area contributed by atoms with Crippen LogP contribution >= 0.6 is 0 Å². The number of oxime groups is 1. The summed E-state index contributed by atoms with van der Waals surface area (Å²) in [6.45, 7) is 28.5. The highest BCUT2D eigenvalue weighted by molar-refractivity contribution is 5.89. The Morgan fingerprint density at radius 1 is 0.903 bits per heavy atom. The Kier molecular flexibility index (Phi) is 20.4. The molecule has 0 spiro atoms. The summed E-state index contributed by atoms with van der Waals surface area (Å²) in [7, 11) is 7.27. The Morgan fingerprint density at radius 3 is 2.14 bits per heavy atom. The monoisotopic (exact) mass is 1030 g/mol. The highest BCUT2D eigenvalue weighted by Crippen LogP contribution is 2.45. The number of cyclic esters (lactones) is 1. The number of aliphatic hydroxyl groups is 3. The molecular formula is C52H93N5O15. The van der Waals surface area contributed by atoms with Gasteiger partial charge in [-0.25, -0.2) is 4.79 Å². The number of hydrogen-bond donors (Lipinski definition) is 3. The molecule has 0 aromatic carbocycles. The van der Waals surface area contributed by atoms with Gasteiger partial charge in [-0.15, -0.1) is 0 Å². The van der Waals surface area contributed by atoms with Gasteiger partial charge in [-0.1, -0.05) is 46.7 Å². The number of likely N-dealkylation sites (N-methyl/N-ethyl adjacent to an activating group) is 3. The summed E-state index contributed by atoms with van der Waals surface area (Å²) in [5, 5.41) is 42.4. The fourth-order valence-electron chi connectivity index (χ4n) is 12.1. The molecule has 5 aliphatic heterocycles. The first kappa shape index (κ1) is 60.1. The first-order chi connectivity index (χ1) is 33.6. The molecule has 5 aliphatic rings. The van der Waals surface area contributed by atoms with E-state index in [9.17, 15) is 29.7 Å². The molecule has 1 amide bonds. The lowest BCUT2D eigenvalue weighted by Gasteiger charge is -2.54. The van der Waals surface area contributed by atoms with E-state index < -0.39 is 107 Å². The van der Waals surface area contributed by atoms with E-state index in [-0.39, 0.29) is 56.4 Å². The summed E-state index contributed by atoms with van der Waals surface area (Å²) < 4.78 is 51.5. The molecule has 20 nitrogen and oxygen atoms in total. The third-order valence-corrected chi connectivity index (χ3v) is 16.9. The Labute approximate surface area is 429 Å². The number of carbonyl (C=O) groups excluding carboxylic acids is 3. The van der Waals surface area contributed by atoms with Crippen LogP contribution in [0.15, 0.2) is 5.16 Å². The first-order valence-electron chi connectivity index (χ1n) is 26.5. The molecule has 5 fully saturated rings. The van der Waals surface area contributed by atoms with Crippen molar-refractivity contribution in [2.75, 3.05) is 80.7 Å². The molecule has 5 saturated heterocycles. The maximum Gasteiger partial charge on any atom is 0.509 e. The van der Waals surface area contributed by atoms with E-state index in [2.05, 4.69) is 23.6 Å². The predicted molar refractivity (Wildman–Crippen MR) is 268 cm³/mol. The van der Waals surface area contributed by atoms with Crippen LogP contribution in [-0.2, 0) is 52.3 Å². The molecule has 0 aliphatic carbocycles. The number of hydrogen-bond acceptors (Lipinski definition) is 19. The topological polar surface area (TPSA) is 220 Å². The number of methoxy groups -OCH3 is 1. The van der Waals surface area contributed by atoms with Crippen LogP contribution in [0.25, 0.3) is 0 Å². The largest absolute Gasteiger partial charge is 0.509 e. The number of esters is 1. The average molecular weight is 1030 g/mol. The number of ether oxygens (including phenoxy) is 8. The minimum atomic E-state index is -1.78. The van der Waals surface area contributed by atoms with Crippen molar-refractivity contribution >= 4 is 23.7 Å². The molecule has 20 heteroatoms. The van der Waals surface area contributed by atoms with Crippen LogP contribution in [0.1, 0.15) is 116 Å². The Bertz CT molecular complexity index is 1840. The molecule has 0 bridgehead atoms. The number of fused-ring (bicyclic) bond motifs is 1. The van der Waals surface area contributed by atoms with Crippen LogP contribution in [0, 0.1) is 29.6 Å². The zero-order chi connectivity index (χ0) is 53.8. The summed E-state index contributed by atoms with van der Waals surface area (Å²) in [5.41, 5.74) is -5.52. The van der Waals surface area contributed by atoms with E-state index in [1.165, 1.54) is 6.92 Å². The van der Waals surface area contributed by atoms with Crippen molar-refractivity contribution in [1.29, 1.82) is 0 Å². The normalized spacial score (nSPS) is 42.2. The molecule has 72 heavy (non-hydrogen) atoms. The summed E-state index contributed by atoms with van der Waals surface area (Å²) in [4.78, 5) is 54.2. The standard InChI is InChI=1S/C52H93N5O15/c1-18-39-51(13)45(71-48(61)72-51)32(6)41(53-65-28-37-26-57(27-37)36(10)58)30(4)24-49(11,62)44(70-47-42(59)38(54(14)15)23-31(5)66-47)33(7)43(34(8)46(60)68-39)69-40-25-50(12,64-17)52(63,35(9)67-40)29-55(16)21-22-56(19-2)20-3/h30-35,37-40,42-45,47,59,62-63H,18-29H2,1-17H3/b53-41+/t30-,31-,32+,33+,34-,35+,38+,39-,40+,42-,43+,44-,45-,47+,49+,50-,51-,52-/m1/s1. The van der Waals surface area contributed by atoms with Gasteiger partial charge in [0, 0.05) is 82.9 Å². The highest BCUT2D eigenvalue weighted by Gasteiger charge is 2.61. The van der Waals surface area contributed by atoms with E-state index in [1.807, 2.05) is 67.6 Å². The predicted octanol–water partition coefficient (Wildman–Crippen LogP) is 3.89. The fraction of sp³-hybridized carbons (Fsp3) is 0.923. The van der Waals surface area contributed by atoms with Gasteiger partial charge in [-0.3, -0.25) is 9.59 Å². The fourth-order valence-corrected chi connectivity index (χ4v) is 12.1. The van der Waals surface area contributed by atoms with Crippen molar-refractivity contribution in [3.05, 3.63) is 0 Å². The Balaban J connectivity index is 1.59. The number of rotatable bonds is 17. The lowest BCUT2D eigenvalue weighted by atomic mass is 9.73. The van der Waals surface area contributed by atoms with Crippen LogP contribution in [0.5, 0.6) is 0 Å². The molecule has 0 saturated carbocycles. The second-order valence-corrected chi connectivity index (χ2v) is 22.7. The van der Waals surface area contributed by atoms with Crippen LogP contribution < -0.4 is 0 Å². The van der Waals surface area contributed by atoms with Gasteiger partial charge in [-0.2, -0.15) is 0 Å². The smallest absolute Gasteiger partial charge is 0.458 e. The maximum atomic E-state index is 14.9. The lowest BCUT2D eigenvalue weighted by Crippen LogP contribution is -2.70. The van der Waals surface area contributed by atoms with Crippen molar-refractivity contribution in [2.24, 2.45) is 34.7 Å². The number of amides is 1. The third-order valence-electron chi connectivity index (χ3n) is 16.9. The van der Waals surface area contributed by atoms with Gasteiger partial charge >= 0.3 is 12.1 Å². The average Bonchev–Trinajstić information content (AvgIpc) is 3.61. The number of aliphatic hydroxyl groups excluding tert-OH is 1. The second kappa shape index (κ2) is 24.5. The number of nitrogens with zero attached hydrogens (tertiary/aromatic N) is 5. The van der Waals surface area contributed by atoms with Crippen LogP contribution in [-0.4, -0.2) is 223 Å². The highest BCUT2D eigenvalue weighted by atomic mass is 16.8. The van der Waals surface area contributed by atoms with E-state index in [0.29, 0.717) is 31.8 Å². The summed E-state index contributed by atoms with van der Waals surface area (Å²) in [6.07, 6.45) is -8.97. The van der Waals surface area contributed by atoms with Gasteiger partial charge in [0.1, 0.15) is 30.0 Å². The molecular weight excluding hydrogens is 935 g/mol. The van der Waals surface area contributed by atoms with E-state index >= 15 is 0 Å². The summed E-state index contributed by atoms with van der Waals surface area (Å²) >= 11 is 0. The van der Waals surface area contributed by atoms with Crippen molar-refractivity contribution in [3.63, 3.8) is 0 Å². The van der Waals surface area contributed by atoms with Crippen LogP contribution in [0.2, 0.25) is 0 Å². The summed E-state index contributed by atoms with van der Waals surface area (Å²) in [5.74, 6) is -3.85. The minimum Gasteiger partial charge on any atom is -0.458 e. The van der Waals surface area contributed by atoms with Gasteiger partial charge in [0.2, 0.25) is 5.91 Å². The lowest BCUT2D eigenvalue weighted by molar-refractivity contribution is -0.339. The van der Waals surface area contributed by atoms with E-state index in [1.54, 1.807) is 39.7 Å². The van der Waals surface area contributed by atoms with Gasteiger partial charge in [-0.05, 0) is 95.0 Å². The number of carbonyl (C=O) groups is 3. The molecule has 0 radical (unpaired) electrons. The van der Waals surface area contributed by atoms with E-state index in [4.69, 9.17) is 47.9 Å². The maximum absolute atomic E-state index is 14.9. The van der Waals surface area contributed by atoms with E-state index in [0.717, 1.165) is 19.6 Å². The zero-order valence-electron chi connectivity index (χ0n) is 46.6. The van der Waals surface area contributed by atoms with Gasteiger partial charge in [0.25, 0.3) is 0 Å². The van der Waals surface area contributed by atoms with Gasteiger partial charge in [0.05, 0.1) is 41.6 Å². The molecule has 5 heterocycles. The van der Waals surface area contributed by atoms with Crippen molar-refractivity contribution in [1.82, 2.24) is 19.6 Å². The van der Waals surface area contributed by atoms with Gasteiger partial charge in [0.15, 0.2) is 24.3 Å². The molecule has 3 N–H and O–H groups in total. The first-order valence-corrected chi connectivity index (χ1v) is 26.5. The minimum absolute atomic E-state index is 0.0000825. The van der Waals surface area contributed by atoms with Crippen molar-refractivity contribution in [2.45, 2.75) is 199 Å². The Morgan fingerprint density at radius 2 is 1.56 bits per heavy atom. The van der Waals surface area contributed by atoms with Crippen LogP contribution in [0.3, 0.4) is 0 Å².